The van der Waals surface area contributed by atoms with Gasteiger partial charge in [-0.3, -0.25) is 24.4 Å². The number of piperidine rings is 1. The van der Waals surface area contributed by atoms with E-state index in [1.54, 1.807) is 53.8 Å². The molecule has 6 bridgehead atoms. The number of rotatable bonds is 1. The van der Waals surface area contributed by atoms with Crippen molar-refractivity contribution >= 4 is 17.7 Å². The molecule has 7 rings (SSSR count). The summed E-state index contributed by atoms with van der Waals surface area (Å²) in [5.41, 5.74) is 3.32. The van der Waals surface area contributed by atoms with Crippen molar-refractivity contribution in [3.63, 3.8) is 0 Å². The summed E-state index contributed by atoms with van der Waals surface area (Å²) in [7, 11) is 0. The number of likely N-dealkylation sites (tertiary alicyclic amines) is 1. The van der Waals surface area contributed by atoms with Crippen LogP contribution >= 0.6 is 0 Å². The summed E-state index contributed by atoms with van der Waals surface area (Å²) >= 11 is 0. The minimum absolute atomic E-state index is 0.130. The predicted molar refractivity (Wildman–Crippen MR) is 154 cm³/mol. The van der Waals surface area contributed by atoms with Crippen LogP contribution in [0.3, 0.4) is 0 Å². The van der Waals surface area contributed by atoms with Gasteiger partial charge in [0.2, 0.25) is 0 Å². The Morgan fingerprint density at radius 2 is 1.69 bits per heavy atom. The fraction of sp³-hybridized carbons (Fsp3) is 0.219. The van der Waals surface area contributed by atoms with Crippen molar-refractivity contribution in [2.75, 3.05) is 19.7 Å². The number of hydrogen-bond acceptors (Lipinski definition) is 7. The number of pyridine rings is 2. The van der Waals surface area contributed by atoms with Crippen LogP contribution in [0.25, 0.3) is 11.1 Å². The predicted octanol–water partition coefficient (Wildman–Crippen LogP) is 3.24. The maximum Gasteiger partial charge on any atom is 0.258 e. The summed E-state index contributed by atoms with van der Waals surface area (Å²) in [5, 5.41) is 5.98. The Morgan fingerprint density at radius 1 is 0.881 bits per heavy atom. The number of ether oxygens (including phenoxy) is 2. The van der Waals surface area contributed by atoms with Gasteiger partial charge in [-0.2, -0.15) is 0 Å². The molecule has 0 spiro atoms. The van der Waals surface area contributed by atoms with Crippen molar-refractivity contribution in [1.29, 1.82) is 0 Å². The minimum Gasteiger partial charge on any atom is -0.488 e. The van der Waals surface area contributed by atoms with E-state index in [1.807, 2.05) is 36.4 Å². The van der Waals surface area contributed by atoms with Gasteiger partial charge in [0.05, 0.1) is 11.6 Å². The van der Waals surface area contributed by atoms with Gasteiger partial charge in [-0.1, -0.05) is 24.3 Å². The SMILES string of the molecule is O=C1COc2cccc(c2)-c2cncc(c2)C(=O)N[C@@H]2CN(C(=O)c3ccncc3)CC[C@@H]2Oc2ccc(cc2)CN1. The van der Waals surface area contributed by atoms with Crippen LogP contribution in [0.2, 0.25) is 0 Å². The van der Waals surface area contributed by atoms with Gasteiger partial charge < -0.3 is 25.0 Å². The third-order valence-electron chi connectivity index (χ3n) is 7.32. The summed E-state index contributed by atoms with van der Waals surface area (Å²) in [6.07, 6.45) is 6.48. The van der Waals surface area contributed by atoms with E-state index in [9.17, 15) is 14.4 Å². The van der Waals surface area contributed by atoms with E-state index in [0.29, 0.717) is 42.1 Å². The molecule has 2 aromatic heterocycles. The molecule has 42 heavy (non-hydrogen) atoms. The van der Waals surface area contributed by atoms with Crippen molar-refractivity contribution in [3.05, 3.63) is 108 Å². The first kappa shape index (κ1) is 26.9. The number of nitrogens with zero attached hydrogens (tertiary/aromatic N) is 3. The molecule has 1 fully saturated rings. The normalized spacial score (nSPS) is 18.9. The van der Waals surface area contributed by atoms with E-state index >= 15 is 0 Å². The molecule has 2 N–H and O–H groups in total. The Kier molecular flexibility index (Phi) is 7.76. The van der Waals surface area contributed by atoms with Crippen molar-refractivity contribution in [1.82, 2.24) is 25.5 Å². The van der Waals surface area contributed by atoms with E-state index < -0.39 is 6.04 Å². The molecule has 1 saturated heterocycles. The van der Waals surface area contributed by atoms with E-state index in [2.05, 4.69) is 20.6 Å². The van der Waals surface area contributed by atoms with E-state index in [4.69, 9.17) is 9.47 Å². The number of nitrogens with one attached hydrogen (secondary N) is 2. The van der Waals surface area contributed by atoms with Gasteiger partial charge >= 0.3 is 0 Å². The summed E-state index contributed by atoms with van der Waals surface area (Å²) in [4.78, 5) is 49.2. The van der Waals surface area contributed by atoms with Gasteiger partial charge in [0.25, 0.3) is 17.7 Å². The minimum atomic E-state index is -0.484. The molecule has 5 heterocycles. The molecule has 10 heteroatoms. The molecule has 3 aliphatic heterocycles. The molecule has 2 aromatic carbocycles. The van der Waals surface area contributed by atoms with Gasteiger partial charge in [-0.25, -0.2) is 0 Å². The fourth-order valence-electron chi connectivity index (χ4n) is 5.07. The molecule has 3 aliphatic rings. The summed E-state index contributed by atoms with van der Waals surface area (Å²) in [5.74, 6) is 0.454. The van der Waals surface area contributed by atoms with Crippen LogP contribution in [-0.4, -0.2) is 64.4 Å². The number of hydrogen-bond donors (Lipinski definition) is 2. The van der Waals surface area contributed by atoms with Crippen LogP contribution in [0.4, 0.5) is 0 Å². The Bertz CT molecular complexity index is 1590. The highest BCUT2D eigenvalue weighted by atomic mass is 16.5. The van der Waals surface area contributed by atoms with Gasteiger partial charge in [-0.15, -0.1) is 0 Å². The Hall–Kier alpha value is -5.25. The number of fused-ring (bicyclic) bond motifs is 7. The number of carbonyl (C=O) groups is 3. The summed E-state index contributed by atoms with van der Waals surface area (Å²) in [6, 6.07) is 19.3. The molecule has 212 valence electrons. The highest BCUT2D eigenvalue weighted by Crippen LogP contribution is 2.25. The largest absolute Gasteiger partial charge is 0.488 e. The number of benzene rings is 2. The van der Waals surface area contributed by atoms with Crippen LogP contribution in [0, 0.1) is 0 Å². The van der Waals surface area contributed by atoms with Crippen LogP contribution in [-0.2, 0) is 11.3 Å². The molecule has 0 saturated carbocycles. The first-order valence-corrected chi connectivity index (χ1v) is 13.7. The summed E-state index contributed by atoms with van der Waals surface area (Å²) in [6.45, 7) is 0.955. The average molecular weight is 564 g/mol. The standard InChI is InChI=1S/C32H29N5O5/c38-30-20-41-27-3-1-2-23(15-27)24-14-25(18-34-17-24)31(39)36-28-19-37(32(40)22-8-11-33-12-9-22)13-10-29(28)42-26-6-4-21(5-7-26)16-35-30/h1-9,11-12,14-15,17-18,28-29H,10,13,16,19-20H2,(H,35,38)(H,36,39)/t28-,29+/m1/s1. The Labute approximate surface area is 242 Å². The first-order valence-electron chi connectivity index (χ1n) is 13.7. The number of carbonyl (C=O) groups excluding carboxylic acids is 3. The quantitative estimate of drug-likeness (QED) is 0.365. The highest BCUT2D eigenvalue weighted by Gasteiger charge is 2.34. The molecule has 0 aliphatic carbocycles. The van der Waals surface area contributed by atoms with E-state index in [1.165, 1.54) is 6.20 Å². The lowest BCUT2D eigenvalue weighted by atomic mass is 9.99. The molecule has 4 aromatic rings. The summed E-state index contributed by atoms with van der Waals surface area (Å²) < 4.78 is 12.1. The maximum atomic E-state index is 13.6. The average Bonchev–Trinajstić information content (AvgIpc) is 3.04. The van der Waals surface area contributed by atoms with Crippen molar-refractivity contribution in [2.24, 2.45) is 0 Å². The maximum absolute atomic E-state index is 13.6. The zero-order valence-electron chi connectivity index (χ0n) is 22.7. The number of amides is 3. The van der Waals surface area contributed by atoms with Gasteiger partial charge in [0.1, 0.15) is 17.6 Å². The van der Waals surface area contributed by atoms with E-state index in [0.717, 1.165) is 16.7 Å². The monoisotopic (exact) mass is 563 g/mol. The molecular weight excluding hydrogens is 534 g/mol. The van der Waals surface area contributed by atoms with Crippen LogP contribution in [0.1, 0.15) is 32.7 Å². The van der Waals surface area contributed by atoms with Gasteiger partial charge in [-0.05, 0) is 53.6 Å². The Morgan fingerprint density at radius 3 is 2.52 bits per heavy atom. The molecular formula is C32H29N5O5. The number of aromatic nitrogens is 2. The van der Waals surface area contributed by atoms with E-state index in [-0.39, 0.29) is 37.0 Å². The third-order valence-corrected chi connectivity index (χ3v) is 7.32. The first-order chi connectivity index (χ1) is 20.5. The fourth-order valence-corrected chi connectivity index (χ4v) is 5.07. The lowest BCUT2D eigenvalue weighted by molar-refractivity contribution is -0.123. The smallest absolute Gasteiger partial charge is 0.258 e. The van der Waals surface area contributed by atoms with Crippen molar-refractivity contribution < 1.29 is 23.9 Å². The molecule has 0 radical (unpaired) electrons. The highest BCUT2D eigenvalue weighted by molar-refractivity contribution is 5.96. The topological polar surface area (TPSA) is 123 Å². The molecule has 0 unspecified atom stereocenters. The van der Waals surface area contributed by atoms with Crippen LogP contribution in [0.15, 0.2) is 91.5 Å². The van der Waals surface area contributed by atoms with Gasteiger partial charge in [0.15, 0.2) is 6.61 Å². The molecule has 10 nitrogen and oxygen atoms in total. The van der Waals surface area contributed by atoms with Crippen LogP contribution in [0.5, 0.6) is 11.5 Å². The lowest BCUT2D eigenvalue weighted by Gasteiger charge is -2.39. The van der Waals surface area contributed by atoms with Gasteiger partial charge in [0, 0.05) is 62.0 Å². The second-order valence-electron chi connectivity index (χ2n) is 10.2. The Balaban J connectivity index is 1.31. The van der Waals surface area contributed by atoms with Crippen LogP contribution < -0.4 is 20.1 Å². The zero-order valence-corrected chi connectivity index (χ0v) is 22.7. The zero-order chi connectivity index (χ0) is 28.9. The van der Waals surface area contributed by atoms with Crippen molar-refractivity contribution in [2.45, 2.75) is 25.1 Å². The third kappa shape index (κ3) is 6.22. The second-order valence-corrected chi connectivity index (χ2v) is 10.2. The molecule has 2 atom stereocenters. The van der Waals surface area contributed by atoms with Crippen molar-refractivity contribution in [3.8, 4) is 22.6 Å². The second kappa shape index (κ2) is 12.1. The lowest BCUT2D eigenvalue weighted by Crippen LogP contribution is -2.58. The molecule has 3 amide bonds.